The Balaban J connectivity index is 0.00000162. The van der Waals surface area contributed by atoms with E-state index in [0.717, 1.165) is 35.9 Å². The highest BCUT2D eigenvalue weighted by Gasteiger charge is 2.10. The number of hydrogen-bond donors (Lipinski definition) is 1. The molecule has 1 aromatic heterocycles. The maximum absolute atomic E-state index is 11.2. The number of carbonyl (C=O) groups is 1. The zero-order chi connectivity index (χ0) is 12.3. The van der Waals surface area contributed by atoms with E-state index in [1.165, 1.54) is 0 Å². The van der Waals surface area contributed by atoms with Crippen LogP contribution in [0.5, 0.6) is 0 Å². The molecule has 0 spiro atoms. The lowest BCUT2D eigenvalue weighted by Crippen LogP contribution is -2.16. The van der Waals surface area contributed by atoms with Crippen molar-refractivity contribution >= 4 is 41.6 Å². The van der Waals surface area contributed by atoms with E-state index in [9.17, 15) is 4.79 Å². The molecule has 2 N–H and O–H groups in total. The van der Waals surface area contributed by atoms with Crippen molar-refractivity contribution in [1.29, 1.82) is 0 Å². The largest absolute Gasteiger partial charge is 0.363 e. The summed E-state index contributed by atoms with van der Waals surface area (Å²) in [5.74, 6) is -0.469. The number of unbranched alkanes of at least 4 members (excludes halogenated alkanes) is 1. The Bertz CT molecular complexity index is 561. The number of nitrogens with zero attached hydrogens (tertiary/aromatic N) is 2. The maximum atomic E-state index is 11.2. The summed E-state index contributed by atoms with van der Waals surface area (Å²) in [5, 5.41) is 1.01. The quantitative estimate of drug-likeness (QED) is 0.944. The van der Waals surface area contributed by atoms with E-state index in [2.05, 4.69) is 16.9 Å². The van der Waals surface area contributed by atoms with Crippen LogP contribution in [0.25, 0.3) is 10.9 Å². The molecule has 1 amide bonds. The van der Waals surface area contributed by atoms with Gasteiger partial charge in [-0.2, -0.15) is 0 Å². The van der Waals surface area contributed by atoms with Crippen molar-refractivity contribution < 1.29 is 4.79 Å². The summed E-state index contributed by atoms with van der Waals surface area (Å²) >= 11 is 0. The predicted molar refractivity (Wildman–Crippen MR) is 81.2 cm³/mol. The number of aryl methyl sites for hydroxylation is 1. The highest BCUT2D eigenvalue weighted by atomic mass is 35.5. The molecule has 0 aliphatic carbocycles. The fourth-order valence-corrected chi connectivity index (χ4v) is 1.79. The van der Waals surface area contributed by atoms with Crippen LogP contribution in [0.2, 0.25) is 0 Å². The number of nitrogens with two attached hydrogens (primary N) is 1. The second-order valence-electron chi connectivity index (χ2n) is 3.98. The Hall–Kier alpha value is -1.39. The molecule has 104 valence electrons. The topological polar surface area (TPSA) is 68.9 Å². The molecule has 0 radical (unpaired) electrons. The lowest BCUT2D eigenvalue weighted by atomic mass is 10.1. The van der Waals surface area contributed by atoms with Crippen molar-refractivity contribution in [1.82, 2.24) is 9.97 Å². The molecule has 2 rings (SSSR count). The average molecular weight is 302 g/mol. The Morgan fingerprint density at radius 2 is 1.89 bits per heavy atom. The molecule has 0 saturated heterocycles. The van der Waals surface area contributed by atoms with Crippen molar-refractivity contribution in [3.63, 3.8) is 0 Å². The number of fused-ring (bicyclic) bond motifs is 1. The molecule has 4 nitrogen and oxygen atoms in total. The number of carbonyl (C=O) groups excluding carboxylic acids is 1. The predicted octanol–water partition coefficient (Wildman–Crippen LogP) is 2.91. The number of para-hydroxylation sites is 1. The van der Waals surface area contributed by atoms with E-state index in [0.29, 0.717) is 0 Å². The smallest absolute Gasteiger partial charge is 0.286 e. The van der Waals surface area contributed by atoms with Gasteiger partial charge in [0.25, 0.3) is 5.91 Å². The van der Waals surface area contributed by atoms with Crippen LogP contribution < -0.4 is 5.73 Å². The summed E-state index contributed by atoms with van der Waals surface area (Å²) < 4.78 is 0. The minimum absolute atomic E-state index is 0. The monoisotopic (exact) mass is 301 g/mol. The SMILES string of the molecule is CCCCc1nc(C(N)=O)nc2ccccc12.Cl.Cl. The minimum Gasteiger partial charge on any atom is -0.363 e. The molecular weight excluding hydrogens is 285 g/mol. The molecule has 0 bridgehead atoms. The van der Waals surface area contributed by atoms with E-state index in [-0.39, 0.29) is 30.6 Å². The van der Waals surface area contributed by atoms with Crippen LogP contribution in [0.4, 0.5) is 0 Å². The van der Waals surface area contributed by atoms with Crippen LogP contribution in [-0.2, 0) is 6.42 Å². The van der Waals surface area contributed by atoms with Gasteiger partial charge in [0.15, 0.2) is 0 Å². The number of hydrogen-bond acceptors (Lipinski definition) is 3. The fraction of sp³-hybridized carbons (Fsp3) is 0.308. The summed E-state index contributed by atoms with van der Waals surface area (Å²) in [7, 11) is 0. The molecule has 0 aliphatic rings. The molecule has 1 heterocycles. The lowest BCUT2D eigenvalue weighted by Gasteiger charge is -2.06. The van der Waals surface area contributed by atoms with Crippen molar-refractivity contribution in [3.8, 4) is 0 Å². The van der Waals surface area contributed by atoms with Gasteiger partial charge in [0.05, 0.1) is 11.2 Å². The molecular formula is C13H17Cl2N3O. The second-order valence-corrected chi connectivity index (χ2v) is 3.98. The number of primary amides is 1. The van der Waals surface area contributed by atoms with Gasteiger partial charge >= 0.3 is 0 Å². The van der Waals surface area contributed by atoms with Gasteiger partial charge in [0.1, 0.15) is 0 Å². The van der Waals surface area contributed by atoms with Crippen LogP contribution in [0, 0.1) is 0 Å². The number of amides is 1. The Kier molecular flexibility index (Phi) is 7.34. The summed E-state index contributed by atoms with van der Waals surface area (Å²) in [6, 6.07) is 7.69. The van der Waals surface area contributed by atoms with Crippen LogP contribution >= 0.6 is 24.8 Å². The van der Waals surface area contributed by atoms with E-state index < -0.39 is 5.91 Å². The Morgan fingerprint density at radius 3 is 2.53 bits per heavy atom. The highest BCUT2D eigenvalue weighted by molar-refractivity contribution is 5.92. The van der Waals surface area contributed by atoms with Crippen molar-refractivity contribution in [3.05, 3.63) is 35.8 Å². The van der Waals surface area contributed by atoms with Gasteiger partial charge < -0.3 is 5.73 Å². The van der Waals surface area contributed by atoms with Crippen molar-refractivity contribution in [2.75, 3.05) is 0 Å². The van der Waals surface area contributed by atoms with Gasteiger partial charge in [-0.1, -0.05) is 31.5 Å². The normalized spacial score (nSPS) is 9.53. The van der Waals surface area contributed by atoms with E-state index in [1.807, 2.05) is 24.3 Å². The van der Waals surface area contributed by atoms with Crippen LogP contribution in [0.15, 0.2) is 24.3 Å². The molecule has 0 atom stereocenters. The number of rotatable bonds is 4. The molecule has 0 aliphatic heterocycles. The van der Waals surface area contributed by atoms with Crippen LogP contribution in [-0.4, -0.2) is 15.9 Å². The van der Waals surface area contributed by atoms with Crippen LogP contribution in [0.3, 0.4) is 0 Å². The number of aromatic nitrogens is 2. The molecule has 2 aromatic rings. The van der Waals surface area contributed by atoms with Gasteiger partial charge in [-0.3, -0.25) is 4.79 Å². The minimum atomic E-state index is -0.575. The summed E-state index contributed by atoms with van der Waals surface area (Å²) in [5.41, 5.74) is 6.93. The van der Waals surface area contributed by atoms with Crippen molar-refractivity contribution in [2.24, 2.45) is 5.73 Å². The van der Waals surface area contributed by atoms with Gasteiger partial charge in [-0.05, 0) is 18.9 Å². The van der Waals surface area contributed by atoms with Crippen molar-refractivity contribution in [2.45, 2.75) is 26.2 Å². The first-order valence-corrected chi connectivity index (χ1v) is 5.78. The first-order valence-electron chi connectivity index (χ1n) is 5.78. The molecule has 1 aromatic carbocycles. The summed E-state index contributed by atoms with van der Waals surface area (Å²) in [4.78, 5) is 19.6. The average Bonchev–Trinajstić information content (AvgIpc) is 2.35. The third-order valence-electron chi connectivity index (χ3n) is 2.67. The molecule has 0 saturated carbocycles. The highest BCUT2D eigenvalue weighted by Crippen LogP contribution is 2.17. The molecule has 0 unspecified atom stereocenters. The molecule has 6 heteroatoms. The summed E-state index contributed by atoms with van der Waals surface area (Å²) in [6.07, 6.45) is 2.98. The summed E-state index contributed by atoms with van der Waals surface area (Å²) in [6.45, 7) is 2.12. The first kappa shape index (κ1) is 17.6. The molecule has 19 heavy (non-hydrogen) atoms. The zero-order valence-corrected chi connectivity index (χ0v) is 12.3. The standard InChI is InChI=1S/C13H15N3O.2ClH/c1-2-3-7-10-9-6-4-5-8-11(9)16-13(15-10)12(14)17;;/h4-6,8H,2-3,7H2,1H3,(H2,14,17);2*1H. The van der Waals surface area contributed by atoms with E-state index >= 15 is 0 Å². The maximum Gasteiger partial charge on any atom is 0.286 e. The van der Waals surface area contributed by atoms with E-state index in [4.69, 9.17) is 5.73 Å². The lowest BCUT2D eigenvalue weighted by molar-refractivity contribution is 0.0990. The second kappa shape index (κ2) is 7.92. The van der Waals surface area contributed by atoms with Gasteiger partial charge in [-0.15, -0.1) is 24.8 Å². The first-order chi connectivity index (χ1) is 8.22. The van der Waals surface area contributed by atoms with Crippen LogP contribution in [0.1, 0.15) is 36.1 Å². The third kappa shape index (κ3) is 4.04. The third-order valence-corrected chi connectivity index (χ3v) is 2.67. The number of halogens is 2. The van der Waals surface area contributed by atoms with Gasteiger partial charge in [0, 0.05) is 5.39 Å². The van der Waals surface area contributed by atoms with Gasteiger partial charge in [-0.25, -0.2) is 9.97 Å². The number of benzene rings is 1. The Morgan fingerprint density at radius 1 is 1.21 bits per heavy atom. The Labute approximate surface area is 124 Å². The van der Waals surface area contributed by atoms with E-state index in [1.54, 1.807) is 0 Å². The van der Waals surface area contributed by atoms with Gasteiger partial charge in [0.2, 0.25) is 5.82 Å². The fourth-order valence-electron chi connectivity index (χ4n) is 1.79. The zero-order valence-electron chi connectivity index (χ0n) is 10.6. The molecule has 0 fully saturated rings.